The van der Waals surface area contributed by atoms with Gasteiger partial charge in [-0.3, -0.25) is 14.4 Å². The van der Waals surface area contributed by atoms with Crippen molar-refractivity contribution in [1.29, 1.82) is 0 Å². The average molecular weight is 743 g/mol. The summed E-state index contributed by atoms with van der Waals surface area (Å²) in [7, 11) is 0. The predicted molar refractivity (Wildman–Crippen MR) is 224 cm³/mol. The second-order valence-corrected chi connectivity index (χ2v) is 14.6. The van der Waals surface area contributed by atoms with Crippen molar-refractivity contribution < 1.29 is 28.6 Å². The highest BCUT2D eigenvalue weighted by atomic mass is 16.6. The number of esters is 3. The van der Waals surface area contributed by atoms with Crippen LogP contribution in [0.15, 0.2) is 48.6 Å². The molecule has 0 saturated heterocycles. The van der Waals surface area contributed by atoms with Crippen molar-refractivity contribution in [2.45, 2.75) is 219 Å². The fourth-order valence-corrected chi connectivity index (χ4v) is 5.99. The maximum Gasteiger partial charge on any atom is 0.306 e. The largest absolute Gasteiger partial charge is 0.462 e. The van der Waals surface area contributed by atoms with Gasteiger partial charge in [-0.1, -0.05) is 172 Å². The van der Waals surface area contributed by atoms with Crippen LogP contribution in [0.3, 0.4) is 0 Å². The first-order chi connectivity index (χ1) is 26.0. The molecule has 0 aliphatic carbocycles. The first-order valence-electron chi connectivity index (χ1n) is 22.1. The topological polar surface area (TPSA) is 78.9 Å². The van der Waals surface area contributed by atoms with Crippen molar-refractivity contribution in [2.75, 3.05) is 13.2 Å². The molecule has 306 valence electrons. The fraction of sp³-hybridized carbons (Fsp3) is 0.766. The van der Waals surface area contributed by atoms with Gasteiger partial charge in [0.1, 0.15) is 13.2 Å². The monoisotopic (exact) mass is 743 g/mol. The summed E-state index contributed by atoms with van der Waals surface area (Å²) in [4.78, 5) is 37.6. The molecule has 6 heteroatoms. The Kier molecular flexibility index (Phi) is 40.0. The zero-order valence-electron chi connectivity index (χ0n) is 34.8. The minimum absolute atomic E-state index is 0.0935. The molecule has 0 heterocycles. The van der Waals surface area contributed by atoms with Crippen molar-refractivity contribution in [3.63, 3.8) is 0 Å². The van der Waals surface area contributed by atoms with Crippen LogP contribution >= 0.6 is 0 Å². The number of hydrogen-bond acceptors (Lipinski definition) is 6. The zero-order valence-corrected chi connectivity index (χ0v) is 34.8. The van der Waals surface area contributed by atoms with Crippen molar-refractivity contribution in [1.82, 2.24) is 0 Å². The molecule has 0 spiro atoms. The number of allylic oxidation sites excluding steroid dienone is 8. The highest BCUT2D eigenvalue weighted by Gasteiger charge is 2.19. The van der Waals surface area contributed by atoms with Crippen molar-refractivity contribution in [2.24, 2.45) is 0 Å². The van der Waals surface area contributed by atoms with Crippen LogP contribution in [0, 0.1) is 0 Å². The van der Waals surface area contributed by atoms with Gasteiger partial charge in [0.05, 0.1) is 0 Å². The molecule has 1 atom stereocenters. The van der Waals surface area contributed by atoms with Gasteiger partial charge in [0, 0.05) is 19.3 Å². The van der Waals surface area contributed by atoms with Gasteiger partial charge in [-0.15, -0.1) is 0 Å². The van der Waals surface area contributed by atoms with Crippen LogP contribution in [0.1, 0.15) is 213 Å². The van der Waals surface area contributed by atoms with E-state index < -0.39 is 6.10 Å². The molecule has 6 nitrogen and oxygen atoms in total. The Morgan fingerprint density at radius 1 is 0.396 bits per heavy atom. The third-order valence-electron chi connectivity index (χ3n) is 9.32. The Morgan fingerprint density at radius 2 is 0.755 bits per heavy atom. The minimum atomic E-state index is -0.795. The summed E-state index contributed by atoms with van der Waals surface area (Å²) >= 11 is 0. The second-order valence-electron chi connectivity index (χ2n) is 14.6. The SMILES string of the molecule is CC/C=C\C/C=C\C/C=C\CCCC(=O)OC(COC(=O)CCCCCCCCC/C=C\CCCCCC)COC(=O)CCCCCCCCCCC. The zero-order chi connectivity index (χ0) is 38.7. The molecule has 1 unspecified atom stereocenters. The summed E-state index contributed by atoms with van der Waals surface area (Å²) in [5, 5.41) is 0. The van der Waals surface area contributed by atoms with E-state index in [1.807, 2.05) is 0 Å². The lowest BCUT2D eigenvalue weighted by atomic mass is 10.1. The molecule has 0 N–H and O–H groups in total. The summed E-state index contributed by atoms with van der Waals surface area (Å²) in [6, 6.07) is 0. The number of hydrogen-bond donors (Lipinski definition) is 0. The molecule has 0 aromatic heterocycles. The van der Waals surface area contributed by atoms with Gasteiger partial charge in [0.25, 0.3) is 0 Å². The quantitative estimate of drug-likeness (QED) is 0.0270. The van der Waals surface area contributed by atoms with Crippen molar-refractivity contribution in [3.8, 4) is 0 Å². The lowest BCUT2D eigenvalue weighted by Crippen LogP contribution is -2.30. The standard InChI is InChI=1S/C47H82O6/c1-4-7-10-13-16-19-21-22-23-24-26-28-31-34-37-40-46(49)52-43-44(42-51-45(48)39-36-33-30-27-18-15-12-9-6-3)53-47(50)41-38-35-32-29-25-20-17-14-11-8-5-2/h8,11,17,19-21,29,32,44H,4-7,9-10,12-16,18,22-28,30-31,33-43H2,1-3H3/b11-8-,20-17-,21-19-,32-29-. The van der Waals surface area contributed by atoms with Gasteiger partial charge < -0.3 is 14.2 Å². The highest BCUT2D eigenvalue weighted by molar-refractivity contribution is 5.71. The maximum atomic E-state index is 12.6. The van der Waals surface area contributed by atoms with Gasteiger partial charge in [0.15, 0.2) is 6.10 Å². The van der Waals surface area contributed by atoms with Crippen molar-refractivity contribution in [3.05, 3.63) is 48.6 Å². The summed E-state index contributed by atoms with van der Waals surface area (Å²) < 4.78 is 16.6. The van der Waals surface area contributed by atoms with Gasteiger partial charge in [-0.25, -0.2) is 0 Å². The third-order valence-corrected chi connectivity index (χ3v) is 9.32. The van der Waals surface area contributed by atoms with E-state index in [0.717, 1.165) is 64.2 Å². The van der Waals surface area contributed by atoms with E-state index in [2.05, 4.69) is 69.4 Å². The van der Waals surface area contributed by atoms with Gasteiger partial charge in [-0.05, 0) is 70.6 Å². The number of unbranched alkanes of at least 4 members (excludes halogenated alkanes) is 20. The van der Waals surface area contributed by atoms with Crippen LogP contribution in [-0.2, 0) is 28.6 Å². The normalized spacial score (nSPS) is 12.4. The summed E-state index contributed by atoms with van der Waals surface area (Å²) in [6.07, 6.45) is 48.2. The van der Waals surface area contributed by atoms with Crippen LogP contribution in [0.25, 0.3) is 0 Å². The number of carbonyl (C=O) groups excluding carboxylic acids is 3. The third kappa shape index (κ3) is 40.4. The van der Waals surface area contributed by atoms with Gasteiger partial charge in [-0.2, -0.15) is 0 Å². The lowest BCUT2D eigenvalue weighted by molar-refractivity contribution is -0.167. The number of ether oxygens (including phenoxy) is 3. The van der Waals surface area contributed by atoms with E-state index >= 15 is 0 Å². The van der Waals surface area contributed by atoms with Gasteiger partial charge >= 0.3 is 17.9 Å². The van der Waals surface area contributed by atoms with E-state index in [4.69, 9.17) is 14.2 Å². The molecule has 0 aromatic rings. The lowest BCUT2D eigenvalue weighted by Gasteiger charge is -2.18. The summed E-state index contributed by atoms with van der Waals surface area (Å²) in [5.74, 6) is -0.959. The smallest absolute Gasteiger partial charge is 0.306 e. The molecule has 0 saturated carbocycles. The number of carbonyl (C=O) groups is 3. The van der Waals surface area contributed by atoms with Crippen LogP contribution in [0.2, 0.25) is 0 Å². The van der Waals surface area contributed by atoms with Crippen LogP contribution < -0.4 is 0 Å². The molecule has 0 fully saturated rings. The first-order valence-corrected chi connectivity index (χ1v) is 22.1. The molecular weight excluding hydrogens is 661 g/mol. The van der Waals surface area contributed by atoms with Gasteiger partial charge in [0.2, 0.25) is 0 Å². The molecule has 0 aromatic carbocycles. The molecule has 0 bridgehead atoms. The summed E-state index contributed by atoms with van der Waals surface area (Å²) in [5.41, 5.74) is 0. The van der Waals surface area contributed by atoms with E-state index in [0.29, 0.717) is 19.3 Å². The van der Waals surface area contributed by atoms with Crippen molar-refractivity contribution >= 4 is 17.9 Å². The average Bonchev–Trinajstić information content (AvgIpc) is 3.15. The molecule has 0 rings (SSSR count). The Labute approximate surface area is 327 Å². The molecule has 0 aliphatic heterocycles. The summed E-state index contributed by atoms with van der Waals surface area (Å²) in [6.45, 7) is 6.42. The Morgan fingerprint density at radius 3 is 1.25 bits per heavy atom. The Balaban J connectivity index is 4.40. The molecule has 53 heavy (non-hydrogen) atoms. The Bertz CT molecular complexity index is 949. The van der Waals surface area contributed by atoms with E-state index in [-0.39, 0.29) is 37.5 Å². The second kappa shape index (κ2) is 42.1. The maximum absolute atomic E-state index is 12.6. The van der Waals surface area contributed by atoms with Crippen LogP contribution in [-0.4, -0.2) is 37.2 Å². The van der Waals surface area contributed by atoms with E-state index in [9.17, 15) is 14.4 Å². The predicted octanol–water partition coefficient (Wildman–Crippen LogP) is 14.0. The first kappa shape index (κ1) is 50.4. The van der Waals surface area contributed by atoms with E-state index in [1.165, 1.54) is 103 Å². The number of rotatable bonds is 39. The molecule has 0 radical (unpaired) electrons. The minimum Gasteiger partial charge on any atom is -0.462 e. The van der Waals surface area contributed by atoms with Crippen LogP contribution in [0.5, 0.6) is 0 Å². The fourth-order valence-electron chi connectivity index (χ4n) is 5.99. The van der Waals surface area contributed by atoms with Crippen LogP contribution in [0.4, 0.5) is 0 Å². The highest BCUT2D eigenvalue weighted by Crippen LogP contribution is 2.13. The van der Waals surface area contributed by atoms with E-state index in [1.54, 1.807) is 0 Å². The molecular formula is C47H82O6. The molecule has 0 amide bonds. The molecule has 0 aliphatic rings. The Hall–Kier alpha value is -2.63.